The minimum Gasteiger partial charge on any atom is -0.313 e. The molecule has 0 fully saturated rings. The molecule has 1 aliphatic heterocycles. The fraction of sp³-hybridized carbons (Fsp3) is 0.647. The highest BCUT2D eigenvalue weighted by atomic mass is 15.1. The maximum absolute atomic E-state index is 3.63. The van der Waals surface area contributed by atoms with Crippen molar-refractivity contribution in [2.75, 3.05) is 26.2 Å². The van der Waals surface area contributed by atoms with Crippen LogP contribution in [0.25, 0.3) is 0 Å². The Morgan fingerprint density at radius 2 is 1.68 bits per heavy atom. The third-order valence-corrected chi connectivity index (χ3v) is 4.24. The molecule has 106 valence electrons. The van der Waals surface area contributed by atoms with Crippen LogP contribution in [0, 0.1) is 5.92 Å². The quantitative estimate of drug-likeness (QED) is 0.876. The number of nitrogens with one attached hydrogen (secondary N) is 1. The van der Waals surface area contributed by atoms with Gasteiger partial charge in [-0.05, 0) is 36.4 Å². The normalized spacial score (nSPS) is 18.1. The highest BCUT2D eigenvalue weighted by molar-refractivity contribution is 5.28. The Bertz CT molecular complexity index is 360. The molecular weight excluding hydrogens is 232 g/mol. The summed E-state index contributed by atoms with van der Waals surface area (Å²) in [5.74, 6) is 0.700. The molecule has 1 unspecified atom stereocenters. The monoisotopic (exact) mass is 260 g/mol. The number of hydrogen-bond acceptors (Lipinski definition) is 2. The van der Waals surface area contributed by atoms with Crippen LogP contribution >= 0.6 is 0 Å². The summed E-state index contributed by atoms with van der Waals surface area (Å²) < 4.78 is 0. The summed E-state index contributed by atoms with van der Waals surface area (Å²) in [6.07, 6.45) is 2.40. The molecule has 0 aliphatic carbocycles. The first kappa shape index (κ1) is 14.5. The number of rotatable bonds is 5. The van der Waals surface area contributed by atoms with Crippen LogP contribution < -0.4 is 5.32 Å². The van der Waals surface area contributed by atoms with E-state index in [1.807, 2.05) is 0 Å². The molecule has 1 aliphatic rings. The fourth-order valence-corrected chi connectivity index (χ4v) is 2.95. The Kier molecular flexibility index (Phi) is 5.41. The Labute approximate surface area is 118 Å². The van der Waals surface area contributed by atoms with Gasteiger partial charge in [-0.1, -0.05) is 45.0 Å². The molecule has 0 bridgehead atoms. The van der Waals surface area contributed by atoms with Gasteiger partial charge >= 0.3 is 0 Å². The Morgan fingerprint density at radius 3 is 2.16 bits per heavy atom. The Morgan fingerprint density at radius 1 is 1.11 bits per heavy atom. The maximum atomic E-state index is 3.63. The van der Waals surface area contributed by atoms with Gasteiger partial charge in [0, 0.05) is 25.7 Å². The number of likely N-dealkylation sites (N-methyl/N-ethyl adjacent to an activating group) is 1. The van der Waals surface area contributed by atoms with Gasteiger partial charge in [0.25, 0.3) is 0 Å². The van der Waals surface area contributed by atoms with Crippen LogP contribution in [-0.4, -0.2) is 37.1 Å². The molecule has 19 heavy (non-hydrogen) atoms. The van der Waals surface area contributed by atoms with Gasteiger partial charge in [0.15, 0.2) is 0 Å². The van der Waals surface area contributed by atoms with Crippen LogP contribution in [0.5, 0.6) is 0 Å². The van der Waals surface area contributed by atoms with Crippen molar-refractivity contribution < 1.29 is 0 Å². The SMILES string of the molecule is CCNC(CN1CCc2ccccc2CC1)C(C)C. The molecule has 2 heteroatoms. The van der Waals surface area contributed by atoms with Crippen LogP contribution in [-0.2, 0) is 12.8 Å². The molecule has 1 N–H and O–H groups in total. The average Bonchev–Trinajstić information content (AvgIpc) is 2.61. The number of nitrogens with zero attached hydrogens (tertiary/aromatic N) is 1. The van der Waals surface area contributed by atoms with Crippen LogP contribution in [0.1, 0.15) is 31.9 Å². The minimum absolute atomic E-state index is 0.617. The molecule has 0 spiro atoms. The first-order valence-electron chi connectivity index (χ1n) is 7.73. The van der Waals surface area contributed by atoms with E-state index in [-0.39, 0.29) is 0 Å². The highest BCUT2D eigenvalue weighted by Gasteiger charge is 2.19. The van der Waals surface area contributed by atoms with E-state index in [2.05, 4.69) is 55.3 Å². The topological polar surface area (TPSA) is 15.3 Å². The third kappa shape index (κ3) is 4.05. The zero-order valence-electron chi connectivity index (χ0n) is 12.7. The summed E-state index contributed by atoms with van der Waals surface area (Å²) in [5.41, 5.74) is 3.10. The summed E-state index contributed by atoms with van der Waals surface area (Å²) in [7, 11) is 0. The molecule has 0 radical (unpaired) electrons. The number of benzene rings is 1. The molecule has 1 heterocycles. The molecule has 0 saturated heterocycles. The maximum Gasteiger partial charge on any atom is 0.0217 e. The predicted octanol–water partition coefficient (Wildman–Crippen LogP) is 2.72. The van der Waals surface area contributed by atoms with Crippen molar-refractivity contribution in [1.82, 2.24) is 10.2 Å². The van der Waals surface area contributed by atoms with Crippen molar-refractivity contribution in [3.8, 4) is 0 Å². The molecule has 0 amide bonds. The van der Waals surface area contributed by atoms with Gasteiger partial charge < -0.3 is 10.2 Å². The van der Waals surface area contributed by atoms with Crippen molar-refractivity contribution in [1.29, 1.82) is 0 Å². The minimum atomic E-state index is 0.617. The molecule has 1 atom stereocenters. The molecule has 1 aromatic carbocycles. The van der Waals surface area contributed by atoms with Gasteiger partial charge in [-0.25, -0.2) is 0 Å². The fourth-order valence-electron chi connectivity index (χ4n) is 2.95. The lowest BCUT2D eigenvalue weighted by molar-refractivity contribution is 0.227. The van der Waals surface area contributed by atoms with Crippen molar-refractivity contribution >= 4 is 0 Å². The zero-order chi connectivity index (χ0) is 13.7. The molecular formula is C17H28N2. The highest BCUT2D eigenvalue weighted by Crippen LogP contribution is 2.16. The Balaban J connectivity index is 1.94. The van der Waals surface area contributed by atoms with Crippen LogP contribution in [0.15, 0.2) is 24.3 Å². The molecule has 0 saturated carbocycles. The smallest absolute Gasteiger partial charge is 0.0217 e. The molecule has 0 aromatic heterocycles. The second kappa shape index (κ2) is 7.06. The van der Waals surface area contributed by atoms with Crippen LogP contribution in [0.2, 0.25) is 0 Å². The van der Waals surface area contributed by atoms with Crippen molar-refractivity contribution in [3.63, 3.8) is 0 Å². The van der Waals surface area contributed by atoms with E-state index in [1.54, 1.807) is 11.1 Å². The summed E-state index contributed by atoms with van der Waals surface area (Å²) in [6, 6.07) is 9.55. The van der Waals surface area contributed by atoms with E-state index < -0.39 is 0 Å². The summed E-state index contributed by atoms with van der Waals surface area (Å²) >= 11 is 0. The molecule has 2 nitrogen and oxygen atoms in total. The second-order valence-electron chi connectivity index (χ2n) is 5.98. The summed E-state index contributed by atoms with van der Waals surface area (Å²) in [5, 5.41) is 3.63. The van der Waals surface area contributed by atoms with Gasteiger partial charge in [-0.3, -0.25) is 0 Å². The lowest BCUT2D eigenvalue weighted by Crippen LogP contribution is -2.45. The first-order chi connectivity index (χ1) is 9.20. The van der Waals surface area contributed by atoms with Crippen molar-refractivity contribution in [2.45, 2.75) is 39.7 Å². The predicted molar refractivity (Wildman–Crippen MR) is 82.6 cm³/mol. The first-order valence-corrected chi connectivity index (χ1v) is 7.73. The average molecular weight is 260 g/mol. The van der Waals surface area contributed by atoms with E-state index in [0.717, 1.165) is 6.54 Å². The summed E-state index contributed by atoms with van der Waals surface area (Å²) in [6.45, 7) is 11.5. The van der Waals surface area contributed by atoms with Crippen molar-refractivity contribution in [3.05, 3.63) is 35.4 Å². The number of hydrogen-bond donors (Lipinski definition) is 1. The van der Waals surface area contributed by atoms with Crippen LogP contribution in [0.4, 0.5) is 0 Å². The van der Waals surface area contributed by atoms with Crippen molar-refractivity contribution in [2.24, 2.45) is 5.92 Å². The van der Waals surface area contributed by atoms with E-state index >= 15 is 0 Å². The van der Waals surface area contributed by atoms with E-state index in [4.69, 9.17) is 0 Å². The van der Waals surface area contributed by atoms with Crippen LogP contribution in [0.3, 0.4) is 0 Å². The Hall–Kier alpha value is -0.860. The second-order valence-corrected chi connectivity index (χ2v) is 5.98. The van der Waals surface area contributed by atoms with Gasteiger partial charge in [-0.15, -0.1) is 0 Å². The third-order valence-electron chi connectivity index (χ3n) is 4.24. The van der Waals surface area contributed by atoms with E-state index in [9.17, 15) is 0 Å². The van der Waals surface area contributed by atoms with Gasteiger partial charge in [-0.2, -0.15) is 0 Å². The molecule has 2 rings (SSSR count). The van der Waals surface area contributed by atoms with E-state index in [1.165, 1.54) is 32.5 Å². The van der Waals surface area contributed by atoms with E-state index in [0.29, 0.717) is 12.0 Å². The standard InChI is InChI=1S/C17H28N2/c1-4-18-17(14(2)3)13-19-11-9-15-7-5-6-8-16(15)10-12-19/h5-8,14,17-18H,4,9-13H2,1-3H3. The van der Waals surface area contributed by atoms with Gasteiger partial charge in [0.2, 0.25) is 0 Å². The zero-order valence-corrected chi connectivity index (χ0v) is 12.7. The number of fused-ring (bicyclic) bond motifs is 1. The lowest BCUT2D eigenvalue weighted by Gasteiger charge is -2.29. The molecule has 1 aromatic rings. The lowest BCUT2D eigenvalue weighted by atomic mass is 10.0. The summed E-state index contributed by atoms with van der Waals surface area (Å²) in [4.78, 5) is 2.63. The van der Waals surface area contributed by atoms with Gasteiger partial charge in [0.05, 0.1) is 0 Å². The largest absolute Gasteiger partial charge is 0.313 e. The van der Waals surface area contributed by atoms with Gasteiger partial charge in [0.1, 0.15) is 0 Å².